The van der Waals surface area contributed by atoms with Crippen molar-refractivity contribution in [2.75, 3.05) is 0 Å². The number of pyridine rings is 1. The molecule has 4 nitrogen and oxygen atoms in total. The highest BCUT2D eigenvalue weighted by molar-refractivity contribution is 6.10. The van der Waals surface area contributed by atoms with Crippen LogP contribution in [0.5, 0.6) is 5.75 Å². The van der Waals surface area contributed by atoms with E-state index < -0.39 is 11.6 Å². The van der Waals surface area contributed by atoms with E-state index in [-0.39, 0.29) is 29.1 Å². The van der Waals surface area contributed by atoms with Gasteiger partial charge in [0.15, 0.2) is 5.78 Å². The Morgan fingerprint density at radius 2 is 1.80 bits per heavy atom. The van der Waals surface area contributed by atoms with E-state index in [1.54, 1.807) is 24.3 Å². The molecule has 0 fully saturated rings. The molecule has 0 bridgehead atoms. The molecule has 0 amide bonds. The SMILES string of the molecule is N#Cc1ccc(OCc2ccc3cc(F)ccc3n2)cc1C(=O)c1cccc(F)c1. The average molecular weight is 400 g/mol. The maximum atomic E-state index is 13.5. The molecule has 0 N–H and O–H groups in total. The molecule has 0 aliphatic heterocycles. The minimum atomic E-state index is -0.533. The molecule has 0 radical (unpaired) electrons. The number of ether oxygens (including phenoxy) is 1. The van der Waals surface area contributed by atoms with Gasteiger partial charge in [-0.2, -0.15) is 5.26 Å². The normalized spacial score (nSPS) is 10.6. The topological polar surface area (TPSA) is 63.0 Å². The number of hydrogen-bond acceptors (Lipinski definition) is 4. The van der Waals surface area contributed by atoms with Gasteiger partial charge in [0.05, 0.1) is 22.8 Å². The number of fused-ring (bicyclic) bond motifs is 1. The van der Waals surface area contributed by atoms with Gasteiger partial charge in [0.2, 0.25) is 0 Å². The second-order valence-corrected chi connectivity index (χ2v) is 6.59. The van der Waals surface area contributed by atoms with Gasteiger partial charge < -0.3 is 4.74 Å². The Bertz CT molecular complexity index is 1310. The van der Waals surface area contributed by atoms with Gasteiger partial charge in [-0.1, -0.05) is 18.2 Å². The first-order valence-corrected chi connectivity index (χ1v) is 9.06. The number of aromatic nitrogens is 1. The van der Waals surface area contributed by atoms with Gasteiger partial charge in [-0.3, -0.25) is 4.79 Å². The van der Waals surface area contributed by atoms with Crippen LogP contribution in [0.3, 0.4) is 0 Å². The van der Waals surface area contributed by atoms with Crippen LogP contribution in [-0.4, -0.2) is 10.8 Å². The Morgan fingerprint density at radius 3 is 2.60 bits per heavy atom. The number of carbonyl (C=O) groups excluding carboxylic acids is 1. The van der Waals surface area contributed by atoms with Gasteiger partial charge in [0.1, 0.15) is 24.0 Å². The van der Waals surface area contributed by atoms with Crippen LogP contribution < -0.4 is 4.74 Å². The molecule has 0 spiro atoms. The number of nitriles is 1. The second-order valence-electron chi connectivity index (χ2n) is 6.59. The van der Waals surface area contributed by atoms with Crippen LogP contribution in [0.25, 0.3) is 10.9 Å². The zero-order valence-corrected chi connectivity index (χ0v) is 15.6. The highest BCUT2D eigenvalue weighted by Gasteiger charge is 2.16. The molecular formula is C24H14F2N2O2. The quantitative estimate of drug-likeness (QED) is 0.432. The van der Waals surface area contributed by atoms with E-state index in [0.717, 1.165) is 6.07 Å². The molecule has 4 rings (SSSR count). The molecule has 0 aliphatic carbocycles. The Morgan fingerprint density at radius 1 is 0.967 bits per heavy atom. The van der Waals surface area contributed by atoms with Crippen LogP contribution in [-0.2, 0) is 6.61 Å². The van der Waals surface area contributed by atoms with Crippen molar-refractivity contribution < 1.29 is 18.3 Å². The molecule has 1 aromatic heterocycles. The zero-order chi connectivity index (χ0) is 21.1. The number of rotatable bonds is 5. The largest absolute Gasteiger partial charge is 0.487 e. The smallest absolute Gasteiger partial charge is 0.194 e. The first-order chi connectivity index (χ1) is 14.5. The second kappa shape index (κ2) is 8.10. The van der Waals surface area contributed by atoms with Crippen molar-refractivity contribution in [2.24, 2.45) is 0 Å². The number of ketones is 1. The predicted molar refractivity (Wildman–Crippen MR) is 107 cm³/mol. The van der Waals surface area contributed by atoms with E-state index >= 15 is 0 Å². The van der Waals surface area contributed by atoms with Crippen LogP contribution in [0.2, 0.25) is 0 Å². The number of benzene rings is 3. The van der Waals surface area contributed by atoms with E-state index in [1.807, 2.05) is 6.07 Å². The molecule has 0 aliphatic rings. The van der Waals surface area contributed by atoms with Crippen molar-refractivity contribution in [1.29, 1.82) is 5.26 Å². The molecule has 3 aromatic carbocycles. The molecule has 30 heavy (non-hydrogen) atoms. The van der Waals surface area contributed by atoms with E-state index in [4.69, 9.17) is 4.74 Å². The first-order valence-electron chi connectivity index (χ1n) is 9.06. The monoisotopic (exact) mass is 400 g/mol. The summed E-state index contributed by atoms with van der Waals surface area (Å²) >= 11 is 0. The van der Waals surface area contributed by atoms with Crippen molar-refractivity contribution in [3.05, 3.63) is 107 Å². The van der Waals surface area contributed by atoms with E-state index in [2.05, 4.69) is 4.98 Å². The third-order valence-corrected chi connectivity index (χ3v) is 4.54. The van der Waals surface area contributed by atoms with Gasteiger partial charge in [-0.05, 0) is 54.6 Å². The fraction of sp³-hybridized carbons (Fsp3) is 0.0417. The zero-order valence-electron chi connectivity index (χ0n) is 15.6. The Labute approximate surface area is 171 Å². The van der Waals surface area contributed by atoms with E-state index in [9.17, 15) is 18.8 Å². The lowest BCUT2D eigenvalue weighted by molar-refractivity contribution is 0.103. The van der Waals surface area contributed by atoms with Crippen molar-refractivity contribution in [3.8, 4) is 11.8 Å². The Hall–Kier alpha value is -4.11. The lowest BCUT2D eigenvalue weighted by atomic mass is 9.98. The summed E-state index contributed by atoms with van der Waals surface area (Å²) in [4.78, 5) is 17.2. The lowest BCUT2D eigenvalue weighted by Gasteiger charge is -2.10. The number of hydrogen-bond donors (Lipinski definition) is 0. The van der Waals surface area contributed by atoms with Crippen LogP contribution in [0.15, 0.2) is 72.8 Å². The van der Waals surface area contributed by atoms with Crippen molar-refractivity contribution in [1.82, 2.24) is 4.98 Å². The highest BCUT2D eigenvalue weighted by Crippen LogP contribution is 2.22. The standard InChI is InChI=1S/C24H14F2N2O2/c25-18-3-1-2-16(11-18)24(29)22-12-21(8-5-17(22)13-27)30-14-20-7-4-15-10-19(26)6-9-23(15)28-20/h1-12H,14H2. The van der Waals surface area contributed by atoms with Crippen LogP contribution in [0, 0.1) is 23.0 Å². The minimum Gasteiger partial charge on any atom is -0.487 e. The van der Waals surface area contributed by atoms with Crippen LogP contribution in [0.4, 0.5) is 8.78 Å². The molecule has 0 saturated carbocycles. The molecule has 0 unspecified atom stereocenters. The summed E-state index contributed by atoms with van der Waals surface area (Å²) in [5.41, 5.74) is 1.70. The van der Waals surface area contributed by atoms with Crippen molar-refractivity contribution >= 4 is 16.7 Å². The average Bonchev–Trinajstić information content (AvgIpc) is 2.77. The third-order valence-electron chi connectivity index (χ3n) is 4.54. The summed E-state index contributed by atoms with van der Waals surface area (Å²) in [6.45, 7) is 0.118. The highest BCUT2D eigenvalue weighted by atomic mass is 19.1. The third kappa shape index (κ3) is 4.01. The summed E-state index contributed by atoms with van der Waals surface area (Å²) in [6.07, 6.45) is 0. The minimum absolute atomic E-state index is 0.118. The van der Waals surface area contributed by atoms with E-state index in [0.29, 0.717) is 22.3 Å². The van der Waals surface area contributed by atoms with Gasteiger partial charge in [-0.25, -0.2) is 13.8 Å². The van der Waals surface area contributed by atoms with Gasteiger partial charge >= 0.3 is 0 Å². The molecule has 6 heteroatoms. The number of halogens is 2. The summed E-state index contributed by atoms with van der Waals surface area (Å²) in [7, 11) is 0. The Kier molecular flexibility index (Phi) is 5.19. The summed E-state index contributed by atoms with van der Waals surface area (Å²) < 4.78 is 32.5. The van der Waals surface area contributed by atoms with Crippen LogP contribution in [0.1, 0.15) is 27.2 Å². The van der Waals surface area contributed by atoms with Crippen molar-refractivity contribution in [2.45, 2.75) is 6.61 Å². The summed E-state index contributed by atoms with van der Waals surface area (Å²) in [6, 6.07) is 19.6. The number of carbonyl (C=O) groups is 1. The summed E-state index contributed by atoms with van der Waals surface area (Å²) in [5.74, 6) is -0.965. The molecule has 146 valence electrons. The molecule has 4 aromatic rings. The Balaban J connectivity index is 1.58. The first kappa shape index (κ1) is 19.2. The fourth-order valence-corrected chi connectivity index (χ4v) is 3.06. The molecule has 1 heterocycles. The number of nitrogens with zero attached hydrogens (tertiary/aromatic N) is 2. The van der Waals surface area contributed by atoms with E-state index in [1.165, 1.54) is 42.5 Å². The maximum absolute atomic E-state index is 13.5. The van der Waals surface area contributed by atoms with Crippen molar-refractivity contribution in [3.63, 3.8) is 0 Å². The fourth-order valence-electron chi connectivity index (χ4n) is 3.06. The molecule has 0 atom stereocenters. The predicted octanol–water partition coefficient (Wildman–Crippen LogP) is 5.19. The van der Waals surface area contributed by atoms with Gasteiger partial charge in [0, 0.05) is 16.5 Å². The molecular weight excluding hydrogens is 386 g/mol. The van der Waals surface area contributed by atoms with Crippen LogP contribution >= 0.6 is 0 Å². The summed E-state index contributed by atoms with van der Waals surface area (Å²) in [5, 5.41) is 10.0. The maximum Gasteiger partial charge on any atom is 0.194 e. The van der Waals surface area contributed by atoms with Gasteiger partial charge in [-0.15, -0.1) is 0 Å². The van der Waals surface area contributed by atoms with Gasteiger partial charge in [0.25, 0.3) is 0 Å². The molecule has 0 saturated heterocycles. The lowest BCUT2D eigenvalue weighted by Crippen LogP contribution is -2.06.